The van der Waals surface area contributed by atoms with E-state index in [2.05, 4.69) is 10.4 Å². The van der Waals surface area contributed by atoms with Gasteiger partial charge in [0.2, 0.25) is 5.91 Å². The number of rotatable bonds is 8. The smallest absolute Gasteiger partial charge is 0.269 e. The molecule has 0 aliphatic rings. The van der Waals surface area contributed by atoms with Crippen molar-refractivity contribution in [2.75, 3.05) is 11.9 Å². The largest absolute Gasteiger partial charge is 0.494 e. The Kier molecular flexibility index (Phi) is 6.01. The third-order valence-corrected chi connectivity index (χ3v) is 3.96. The highest BCUT2D eigenvalue weighted by Gasteiger charge is 2.12. The van der Waals surface area contributed by atoms with E-state index in [1.807, 2.05) is 37.3 Å². The Labute approximate surface area is 161 Å². The zero-order valence-electron chi connectivity index (χ0n) is 15.4. The third kappa shape index (κ3) is 4.94. The fourth-order valence-corrected chi connectivity index (χ4v) is 2.65. The molecule has 0 aliphatic heterocycles. The van der Waals surface area contributed by atoms with Crippen molar-refractivity contribution in [2.45, 2.75) is 19.8 Å². The maximum atomic E-state index is 12.3. The summed E-state index contributed by atoms with van der Waals surface area (Å²) < 4.78 is 7.13. The van der Waals surface area contributed by atoms with Gasteiger partial charge in [0.1, 0.15) is 11.6 Å². The van der Waals surface area contributed by atoms with E-state index in [4.69, 9.17) is 4.74 Å². The van der Waals surface area contributed by atoms with Crippen LogP contribution in [0.2, 0.25) is 0 Å². The molecule has 2 aromatic carbocycles. The molecule has 0 saturated carbocycles. The Morgan fingerprint density at radius 2 is 1.89 bits per heavy atom. The zero-order chi connectivity index (χ0) is 19.9. The van der Waals surface area contributed by atoms with E-state index in [1.54, 1.807) is 22.9 Å². The monoisotopic (exact) mass is 380 g/mol. The zero-order valence-corrected chi connectivity index (χ0v) is 15.4. The van der Waals surface area contributed by atoms with Gasteiger partial charge in [0.05, 0.1) is 22.9 Å². The molecule has 0 bridgehead atoms. The van der Waals surface area contributed by atoms with Crippen molar-refractivity contribution in [3.05, 3.63) is 76.5 Å². The van der Waals surface area contributed by atoms with Crippen LogP contribution in [0, 0.1) is 17.0 Å². The summed E-state index contributed by atoms with van der Waals surface area (Å²) in [5.74, 6) is 1.13. The molecule has 3 aromatic rings. The number of carbonyl (C=O) groups is 1. The average molecular weight is 380 g/mol. The van der Waals surface area contributed by atoms with Crippen LogP contribution in [-0.2, 0) is 4.79 Å². The van der Waals surface area contributed by atoms with Crippen molar-refractivity contribution in [1.29, 1.82) is 0 Å². The summed E-state index contributed by atoms with van der Waals surface area (Å²) >= 11 is 0. The second kappa shape index (κ2) is 8.81. The molecule has 0 spiro atoms. The number of nitro benzene ring substituents is 1. The van der Waals surface area contributed by atoms with Crippen LogP contribution in [0.25, 0.3) is 5.69 Å². The lowest BCUT2D eigenvalue weighted by molar-refractivity contribution is -0.384. The molecule has 0 fully saturated rings. The number of amides is 1. The molecule has 1 N–H and O–H groups in total. The van der Waals surface area contributed by atoms with Crippen LogP contribution >= 0.6 is 0 Å². The predicted molar refractivity (Wildman–Crippen MR) is 105 cm³/mol. The van der Waals surface area contributed by atoms with Crippen LogP contribution < -0.4 is 10.1 Å². The summed E-state index contributed by atoms with van der Waals surface area (Å²) in [6.45, 7) is 2.25. The lowest BCUT2D eigenvalue weighted by Crippen LogP contribution is -2.15. The van der Waals surface area contributed by atoms with Crippen LogP contribution in [0.15, 0.2) is 60.7 Å². The van der Waals surface area contributed by atoms with Crippen LogP contribution in [-0.4, -0.2) is 27.2 Å². The van der Waals surface area contributed by atoms with Gasteiger partial charge in [0.15, 0.2) is 0 Å². The minimum absolute atomic E-state index is 0.00312. The Hall–Kier alpha value is -3.68. The van der Waals surface area contributed by atoms with E-state index in [0.717, 1.165) is 11.4 Å². The first-order chi connectivity index (χ1) is 13.5. The Morgan fingerprint density at radius 3 is 2.57 bits per heavy atom. The number of carbonyl (C=O) groups excluding carboxylic acids is 1. The summed E-state index contributed by atoms with van der Waals surface area (Å²) in [7, 11) is 0. The maximum Gasteiger partial charge on any atom is 0.269 e. The van der Waals surface area contributed by atoms with Crippen molar-refractivity contribution in [3.8, 4) is 11.4 Å². The predicted octanol–water partition coefficient (Wildman–Crippen LogP) is 3.89. The van der Waals surface area contributed by atoms with Crippen LogP contribution in [0.5, 0.6) is 5.75 Å². The number of aromatic nitrogens is 2. The highest BCUT2D eigenvalue weighted by Crippen LogP contribution is 2.20. The standard InChI is InChI=1S/C20H20N4O4/c1-15-14-19(23(22-15)16-9-11-17(12-10-16)24(26)27)21-20(25)8-5-13-28-18-6-3-2-4-7-18/h2-4,6-7,9-12,14H,5,8,13H2,1H3,(H,21,25). The molecule has 1 aromatic heterocycles. The first-order valence-electron chi connectivity index (χ1n) is 8.82. The Balaban J connectivity index is 1.58. The molecule has 8 nitrogen and oxygen atoms in total. The molecule has 1 amide bonds. The van der Waals surface area contributed by atoms with Gasteiger partial charge in [-0.25, -0.2) is 4.68 Å². The van der Waals surface area contributed by atoms with Crippen molar-refractivity contribution in [3.63, 3.8) is 0 Å². The number of aryl methyl sites for hydroxylation is 1. The second-order valence-electron chi connectivity index (χ2n) is 6.17. The molecule has 0 radical (unpaired) electrons. The summed E-state index contributed by atoms with van der Waals surface area (Å²) in [6.07, 6.45) is 0.878. The number of nitrogens with one attached hydrogen (secondary N) is 1. The number of benzene rings is 2. The van der Waals surface area contributed by atoms with Crippen molar-refractivity contribution in [1.82, 2.24) is 9.78 Å². The second-order valence-corrected chi connectivity index (χ2v) is 6.17. The normalized spacial score (nSPS) is 10.5. The summed E-state index contributed by atoms with van der Waals surface area (Å²) in [6, 6.07) is 17.2. The topological polar surface area (TPSA) is 99.3 Å². The molecular weight excluding hydrogens is 360 g/mol. The van der Waals surface area contributed by atoms with Gasteiger partial charge in [-0.3, -0.25) is 14.9 Å². The molecule has 1 heterocycles. The van der Waals surface area contributed by atoms with Crippen molar-refractivity contribution >= 4 is 17.4 Å². The summed E-state index contributed by atoms with van der Waals surface area (Å²) in [5.41, 5.74) is 1.35. The van der Waals surface area contributed by atoms with Crippen molar-refractivity contribution < 1.29 is 14.5 Å². The number of anilines is 1. The molecule has 0 saturated heterocycles. The molecule has 0 aliphatic carbocycles. The lowest BCUT2D eigenvalue weighted by Gasteiger charge is -2.09. The summed E-state index contributed by atoms with van der Waals surface area (Å²) in [4.78, 5) is 22.6. The highest BCUT2D eigenvalue weighted by molar-refractivity contribution is 5.90. The number of para-hydroxylation sites is 1. The fraction of sp³-hybridized carbons (Fsp3) is 0.200. The average Bonchev–Trinajstić information content (AvgIpc) is 3.06. The van der Waals surface area contributed by atoms with Gasteiger partial charge >= 0.3 is 0 Å². The fourth-order valence-electron chi connectivity index (χ4n) is 2.65. The molecule has 0 atom stereocenters. The number of hydrogen-bond acceptors (Lipinski definition) is 5. The molecule has 3 rings (SSSR count). The van der Waals surface area contributed by atoms with Gasteiger partial charge in [-0.1, -0.05) is 18.2 Å². The van der Waals surface area contributed by atoms with Crippen LogP contribution in [0.4, 0.5) is 11.5 Å². The van der Waals surface area contributed by atoms with E-state index >= 15 is 0 Å². The number of nitrogens with zero attached hydrogens (tertiary/aromatic N) is 3. The number of ether oxygens (including phenoxy) is 1. The van der Waals surface area contributed by atoms with Gasteiger partial charge in [0, 0.05) is 24.6 Å². The van der Waals surface area contributed by atoms with E-state index in [-0.39, 0.29) is 11.6 Å². The van der Waals surface area contributed by atoms with E-state index < -0.39 is 4.92 Å². The Bertz CT molecular complexity index is 952. The summed E-state index contributed by atoms with van der Waals surface area (Å²) in [5, 5.41) is 18.0. The van der Waals surface area contributed by atoms with E-state index in [0.29, 0.717) is 31.0 Å². The maximum absolute atomic E-state index is 12.3. The highest BCUT2D eigenvalue weighted by atomic mass is 16.6. The van der Waals surface area contributed by atoms with Gasteiger partial charge in [-0.15, -0.1) is 0 Å². The lowest BCUT2D eigenvalue weighted by atomic mass is 10.3. The van der Waals surface area contributed by atoms with Crippen molar-refractivity contribution in [2.24, 2.45) is 0 Å². The molecular formula is C20H20N4O4. The minimum Gasteiger partial charge on any atom is -0.494 e. The molecule has 0 unspecified atom stereocenters. The minimum atomic E-state index is -0.460. The first-order valence-corrected chi connectivity index (χ1v) is 8.82. The number of nitro groups is 1. The molecule has 8 heteroatoms. The van der Waals surface area contributed by atoms with Gasteiger partial charge in [-0.2, -0.15) is 5.10 Å². The van der Waals surface area contributed by atoms with E-state index in [1.165, 1.54) is 12.1 Å². The first kappa shape index (κ1) is 19.1. The molecule has 144 valence electrons. The van der Waals surface area contributed by atoms with Gasteiger partial charge in [-0.05, 0) is 37.6 Å². The van der Waals surface area contributed by atoms with Crippen LogP contribution in [0.1, 0.15) is 18.5 Å². The van der Waals surface area contributed by atoms with Gasteiger partial charge < -0.3 is 10.1 Å². The number of hydrogen-bond donors (Lipinski definition) is 1. The SMILES string of the molecule is Cc1cc(NC(=O)CCCOc2ccccc2)n(-c2ccc([N+](=O)[O-])cc2)n1. The number of non-ortho nitro benzene ring substituents is 1. The third-order valence-electron chi connectivity index (χ3n) is 3.96. The molecule has 28 heavy (non-hydrogen) atoms. The van der Waals surface area contributed by atoms with E-state index in [9.17, 15) is 14.9 Å². The Morgan fingerprint density at radius 1 is 1.18 bits per heavy atom. The van der Waals surface area contributed by atoms with Gasteiger partial charge in [0.25, 0.3) is 5.69 Å². The van der Waals surface area contributed by atoms with Crippen LogP contribution in [0.3, 0.4) is 0 Å². The quantitative estimate of drug-likeness (QED) is 0.363.